The van der Waals surface area contributed by atoms with Crippen molar-refractivity contribution in [3.05, 3.63) is 65.2 Å². The number of quaternary nitrogens is 2. The van der Waals surface area contributed by atoms with E-state index in [2.05, 4.69) is 37.3 Å². The smallest absolute Gasteiger partial charge is 0.137 e. The standard InChI is InChI=1S/C21H25N3O/c1-18-3-2-4-21(15-18)25-14-13-23-9-11-24(12-10-23)17-20-7-5-19(16-22)6-8-20/h2-8,15H,9-14,17H2,1H3/p+2. The Balaban J connectivity index is 1.37. The summed E-state index contributed by atoms with van der Waals surface area (Å²) in [5.74, 6) is 0.976. The highest BCUT2D eigenvalue weighted by molar-refractivity contribution is 5.31. The Hall–Kier alpha value is -2.35. The monoisotopic (exact) mass is 337 g/mol. The normalized spacial score (nSPS) is 20.0. The van der Waals surface area contributed by atoms with Crippen LogP contribution in [0, 0.1) is 18.3 Å². The predicted octanol–water partition coefficient (Wildman–Crippen LogP) is 0.229. The van der Waals surface area contributed by atoms with Gasteiger partial charge in [-0.1, -0.05) is 24.3 Å². The SMILES string of the molecule is Cc1cccc(OCC[NH+]2CC[NH+](Cc3ccc(C#N)cc3)CC2)c1. The van der Waals surface area contributed by atoms with Gasteiger partial charge in [0, 0.05) is 5.56 Å². The highest BCUT2D eigenvalue weighted by Gasteiger charge is 2.22. The fourth-order valence-corrected chi connectivity index (χ4v) is 3.39. The Morgan fingerprint density at radius 3 is 2.40 bits per heavy atom. The van der Waals surface area contributed by atoms with Gasteiger partial charge in [-0.05, 0) is 36.8 Å². The molecule has 0 radical (unpaired) electrons. The van der Waals surface area contributed by atoms with Crippen LogP contribution < -0.4 is 14.5 Å². The van der Waals surface area contributed by atoms with E-state index in [1.54, 1.807) is 9.80 Å². The molecule has 0 saturated carbocycles. The molecule has 0 spiro atoms. The first-order valence-electron chi connectivity index (χ1n) is 9.08. The third-order valence-electron chi connectivity index (χ3n) is 4.92. The van der Waals surface area contributed by atoms with Crippen LogP contribution in [0.3, 0.4) is 0 Å². The molecule has 1 fully saturated rings. The maximum Gasteiger partial charge on any atom is 0.137 e. The highest BCUT2D eigenvalue weighted by atomic mass is 16.5. The maximum absolute atomic E-state index is 8.87. The Morgan fingerprint density at radius 1 is 1.00 bits per heavy atom. The Bertz CT molecular complexity index is 713. The van der Waals surface area contributed by atoms with Gasteiger partial charge in [0.25, 0.3) is 0 Å². The van der Waals surface area contributed by atoms with Gasteiger partial charge in [-0.25, -0.2) is 0 Å². The van der Waals surface area contributed by atoms with Crippen LogP contribution in [0.25, 0.3) is 0 Å². The van der Waals surface area contributed by atoms with Crippen LogP contribution in [0.4, 0.5) is 0 Å². The van der Waals surface area contributed by atoms with E-state index >= 15 is 0 Å². The number of piperazine rings is 1. The quantitative estimate of drug-likeness (QED) is 0.792. The average Bonchev–Trinajstić information content (AvgIpc) is 2.64. The van der Waals surface area contributed by atoms with E-state index in [9.17, 15) is 0 Å². The fourth-order valence-electron chi connectivity index (χ4n) is 3.39. The second-order valence-electron chi connectivity index (χ2n) is 6.90. The Morgan fingerprint density at radius 2 is 1.72 bits per heavy atom. The summed E-state index contributed by atoms with van der Waals surface area (Å²) in [6, 6.07) is 18.4. The van der Waals surface area contributed by atoms with Crippen LogP contribution in [0.15, 0.2) is 48.5 Å². The van der Waals surface area contributed by atoms with Crippen molar-refractivity contribution in [1.82, 2.24) is 0 Å². The van der Waals surface area contributed by atoms with Crippen molar-refractivity contribution in [1.29, 1.82) is 5.26 Å². The van der Waals surface area contributed by atoms with Crippen molar-refractivity contribution in [2.24, 2.45) is 0 Å². The second kappa shape index (κ2) is 8.66. The zero-order valence-electron chi connectivity index (χ0n) is 14.9. The molecule has 0 aromatic heterocycles. The van der Waals surface area contributed by atoms with E-state index in [1.807, 2.05) is 24.3 Å². The first kappa shape index (κ1) is 17.5. The number of nitrogens with one attached hydrogen (secondary N) is 2. The van der Waals surface area contributed by atoms with Gasteiger partial charge < -0.3 is 14.5 Å². The molecule has 0 atom stereocenters. The van der Waals surface area contributed by atoms with Crippen LogP contribution >= 0.6 is 0 Å². The predicted molar refractivity (Wildman–Crippen MR) is 97.8 cm³/mol. The van der Waals surface area contributed by atoms with Crippen LogP contribution in [0.2, 0.25) is 0 Å². The van der Waals surface area contributed by atoms with Gasteiger partial charge in [-0.2, -0.15) is 5.26 Å². The fraction of sp³-hybridized carbons (Fsp3) is 0.381. The number of aryl methyl sites for hydroxylation is 1. The summed E-state index contributed by atoms with van der Waals surface area (Å²) in [7, 11) is 0. The number of benzene rings is 2. The molecule has 0 bridgehead atoms. The molecule has 1 aliphatic heterocycles. The molecule has 4 nitrogen and oxygen atoms in total. The van der Waals surface area contributed by atoms with Gasteiger partial charge in [-0.3, -0.25) is 0 Å². The summed E-state index contributed by atoms with van der Waals surface area (Å²) in [5, 5.41) is 8.87. The van der Waals surface area contributed by atoms with E-state index in [0.29, 0.717) is 0 Å². The van der Waals surface area contributed by atoms with Gasteiger partial charge in [0.2, 0.25) is 0 Å². The number of hydrogen-bond donors (Lipinski definition) is 2. The summed E-state index contributed by atoms with van der Waals surface area (Å²) in [4.78, 5) is 3.27. The molecule has 1 aliphatic rings. The van der Waals surface area contributed by atoms with Crippen molar-refractivity contribution in [2.45, 2.75) is 13.5 Å². The van der Waals surface area contributed by atoms with Crippen LogP contribution in [0.5, 0.6) is 5.75 Å². The van der Waals surface area contributed by atoms with Crippen LogP contribution in [-0.2, 0) is 6.54 Å². The number of rotatable bonds is 6. The van der Waals surface area contributed by atoms with Crippen LogP contribution in [0.1, 0.15) is 16.7 Å². The minimum atomic E-state index is 0.738. The molecule has 3 rings (SSSR count). The van der Waals surface area contributed by atoms with E-state index in [-0.39, 0.29) is 0 Å². The lowest BCUT2D eigenvalue weighted by molar-refractivity contribution is -1.02. The van der Waals surface area contributed by atoms with Crippen molar-refractivity contribution < 1.29 is 14.5 Å². The van der Waals surface area contributed by atoms with Crippen molar-refractivity contribution in [3.8, 4) is 11.8 Å². The third-order valence-corrected chi connectivity index (χ3v) is 4.92. The highest BCUT2D eigenvalue weighted by Crippen LogP contribution is 2.11. The molecule has 4 heteroatoms. The molecule has 0 amide bonds. The van der Waals surface area contributed by atoms with Crippen LogP contribution in [-0.4, -0.2) is 39.3 Å². The van der Waals surface area contributed by atoms with Gasteiger partial charge >= 0.3 is 0 Å². The molecule has 25 heavy (non-hydrogen) atoms. The zero-order chi connectivity index (χ0) is 17.5. The largest absolute Gasteiger partial charge is 0.488 e. The molecule has 130 valence electrons. The molecule has 0 unspecified atom stereocenters. The molecule has 1 saturated heterocycles. The van der Waals surface area contributed by atoms with E-state index in [1.165, 1.54) is 37.3 Å². The summed E-state index contributed by atoms with van der Waals surface area (Å²) >= 11 is 0. The third kappa shape index (κ3) is 5.32. The summed E-state index contributed by atoms with van der Waals surface area (Å²) in [5.41, 5.74) is 3.30. The van der Waals surface area contributed by atoms with Crippen molar-refractivity contribution in [2.75, 3.05) is 39.3 Å². The first-order chi connectivity index (χ1) is 12.2. The molecular formula is C21H27N3O+2. The van der Waals surface area contributed by atoms with Gasteiger partial charge in [0.05, 0.1) is 11.6 Å². The minimum Gasteiger partial charge on any atom is -0.488 e. The molecule has 0 aliphatic carbocycles. The first-order valence-corrected chi connectivity index (χ1v) is 9.08. The maximum atomic E-state index is 8.87. The lowest BCUT2D eigenvalue weighted by atomic mass is 10.1. The second-order valence-corrected chi connectivity index (χ2v) is 6.90. The molecule has 2 N–H and O–H groups in total. The molecule has 1 heterocycles. The van der Waals surface area contributed by atoms with Gasteiger partial charge in [-0.15, -0.1) is 0 Å². The van der Waals surface area contributed by atoms with E-state index in [4.69, 9.17) is 10.00 Å². The van der Waals surface area contributed by atoms with E-state index < -0.39 is 0 Å². The number of nitrogens with zero attached hydrogens (tertiary/aromatic N) is 1. The van der Waals surface area contributed by atoms with Gasteiger partial charge in [0.1, 0.15) is 51.6 Å². The lowest BCUT2D eigenvalue weighted by Crippen LogP contribution is -3.27. The summed E-state index contributed by atoms with van der Waals surface area (Å²) in [6.07, 6.45) is 0. The zero-order valence-corrected chi connectivity index (χ0v) is 14.9. The molecule has 2 aromatic carbocycles. The lowest BCUT2D eigenvalue weighted by Gasteiger charge is -2.29. The summed E-state index contributed by atoms with van der Waals surface area (Å²) < 4.78 is 5.88. The average molecular weight is 337 g/mol. The Kier molecular flexibility index (Phi) is 6.05. The molecule has 2 aromatic rings. The van der Waals surface area contributed by atoms with Crippen molar-refractivity contribution >= 4 is 0 Å². The Labute approximate surface area is 150 Å². The number of hydrogen-bond acceptors (Lipinski definition) is 2. The molecular weight excluding hydrogens is 310 g/mol. The number of ether oxygens (including phenoxy) is 1. The summed E-state index contributed by atoms with van der Waals surface area (Å²) in [6.45, 7) is 9.78. The minimum absolute atomic E-state index is 0.738. The van der Waals surface area contributed by atoms with E-state index in [0.717, 1.165) is 31.0 Å². The van der Waals surface area contributed by atoms with Crippen molar-refractivity contribution in [3.63, 3.8) is 0 Å². The number of nitriles is 1. The van der Waals surface area contributed by atoms with Gasteiger partial charge in [0.15, 0.2) is 0 Å². The topological polar surface area (TPSA) is 41.9 Å².